The molecule has 2 aromatic rings. The van der Waals surface area contributed by atoms with Gasteiger partial charge in [-0.2, -0.15) is 0 Å². The third-order valence-corrected chi connectivity index (χ3v) is 4.49. The zero-order chi connectivity index (χ0) is 19.2. The van der Waals surface area contributed by atoms with Gasteiger partial charge >= 0.3 is 0 Å². The number of rotatable bonds is 7. The number of aliphatic imine (C=N–C) groups is 1. The largest absolute Gasteiger partial charge is 0.507 e. The average molecular weight is 369 g/mol. The zero-order valence-corrected chi connectivity index (χ0v) is 14.9. The van der Waals surface area contributed by atoms with Crippen LogP contribution in [0.15, 0.2) is 47.5 Å². The number of benzene rings is 2. The van der Waals surface area contributed by atoms with Crippen molar-refractivity contribution in [3.8, 4) is 17.2 Å². The number of nitrogens with zero attached hydrogens (tertiary/aromatic N) is 1. The number of phenols is 3. The molecule has 7 heteroatoms. The van der Waals surface area contributed by atoms with E-state index in [0.717, 1.165) is 19.3 Å². The van der Waals surface area contributed by atoms with Crippen LogP contribution in [0.3, 0.4) is 0 Å². The van der Waals surface area contributed by atoms with E-state index in [1.165, 1.54) is 18.2 Å². The van der Waals surface area contributed by atoms with Gasteiger partial charge in [0, 0.05) is 12.6 Å². The fraction of sp³-hybridized carbons (Fsp3) is 0.300. The molecule has 0 aromatic heterocycles. The van der Waals surface area contributed by atoms with E-state index >= 15 is 0 Å². The van der Waals surface area contributed by atoms with Gasteiger partial charge in [0.25, 0.3) is 5.91 Å². The van der Waals surface area contributed by atoms with E-state index in [1.807, 2.05) is 12.1 Å². The topological polar surface area (TPSA) is 114 Å². The van der Waals surface area contributed by atoms with Crippen LogP contribution in [0.2, 0.25) is 0 Å². The van der Waals surface area contributed by atoms with Crippen molar-refractivity contribution in [3.05, 3.63) is 53.6 Å². The Kier molecular flexibility index (Phi) is 5.80. The number of carbonyl (C=O) groups excluding carboxylic acids is 1. The van der Waals surface area contributed by atoms with Crippen molar-refractivity contribution in [3.63, 3.8) is 0 Å². The molecule has 0 aliphatic carbocycles. The van der Waals surface area contributed by atoms with Crippen LogP contribution in [0.25, 0.3) is 0 Å². The Labute approximate surface area is 157 Å². The molecule has 0 bridgehead atoms. The Balaban J connectivity index is 1.37. The van der Waals surface area contributed by atoms with E-state index in [-0.39, 0.29) is 23.1 Å². The van der Waals surface area contributed by atoms with Crippen LogP contribution in [-0.4, -0.2) is 46.2 Å². The third kappa shape index (κ3) is 4.49. The van der Waals surface area contributed by atoms with Crippen molar-refractivity contribution in [2.24, 2.45) is 4.99 Å². The van der Waals surface area contributed by atoms with Crippen molar-refractivity contribution in [1.29, 1.82) is 0 Å². The summed E-state index contributed by atoms with van der Waals surface area (Å²) >= 11 is 0. The van der Waals surface area contributed by atoms with Gasteiger partial charge in [-0.05, 0) is 43.5 Å². The molecule has 0 unspecified atom stereocenters. The average Bonchev–Trinajstić information content (AvgIpc) is 3.12. The molecule has 0 saturated carbocycles. The van der Waals surface area contributed by atoms with Crippen LogP contribution < -0.4 is 10.6 Å². The number of amides is 1. The highest BCUT2D eigenvalue weighted by molar-refractivity contribution is 6.02. The van der Waals surface area contributed by atoms with Crippen molar-refractivity contribution in [2.75, 3.05) is 13.1 Å². The molecule has 5 N–H and O–H groups in total. The van der Waals surface area contributed by atoms with Gasteiger partial charge in [0.2, 0.25) is 0 Å². The standard InChI is InChI=1S/C20H23N3O4/c24-16-9-2-1-7-14(16)19-22-12-13(23-19)6-3-4-11-21-20(27)15-8-5-10-17(25)18(15)26/h1-2,5,7-10,13,24-26H,3-4,6,11-12H2,(H,21,27)(H,22,23)/t13-/m0/s1. The van der Waals surface area contributed by atoms with E-state index in [0.29, 0.717) is 24.5 Å². The summed E-state index contributed by atoms with van der Waals surface area (Å²) in [5.74, 6) is -0.199. The first kappa shape index (κ1) is 18.6. The lowest BCUT2D eigenvalue weighted by molar-refractivity contribution is 0.0949. The summed E-state index contributed by atoms with van der Waals surface area (Å²) < 4.78 is 0. The van der Waals surface area contributed by atoms with Crippen LogP contribution in [0.4, 0.5) is 0 Å². The number of carbonyl (C=O) groups is 1. The summed E-state index contributed by atoms with van der Waals surface area (Å²) in [6.45, 7) is 1.14. The Morgan fingerprint density at radius 3 is 2.67 bits per heavy atom. The lowest BCUT2D eigenvalue weighted by Crippen LogP contribution is -2.31. The monoisotopic (exact) mass is 369 g/mol. The number of amidine groups is 1. The Hall–Kier alpha value is -3.22. The fourth-order valence-electron chi connectivity index (χ4n) is 3.01. The van der Waals surface area contributed by atoms with E-state index in [9.17, 15) is 20.1 Å². The second kappa shape index (κ2) is 8.44. The fourth-order valence-corrected chi connectivity index (χ4v) is 3.01. The first-order valence-electron chi connectivity index (χ1n) is 8.94. The number of para-hydroxylation sites is 2. The predicted octanol–water partition coefficient (Wildman–Crippen LogP) is 2.12. The van der Waals surface area contributed by atoms with Crippen molar-refractivity contribution >= 4 is 11.7 Å². The molecule has 0 radical (unpaired) electrons. The van der Waals surface area contributed by atoms with E-state index in [4.69, 9.17) is 0 Å². The summed E-state index contributed by atoms with van der Waals surface area (Å²) in [6, 6.07) is 11.6. The van der Waals surface area contributed by atoms with Gasteiger partial charge in [-0.25, -0.2) is 0 Å². The van der Waals surface area contributed by atoms with Crippen LogP contribution in [0.1, 0.15) is 35.2 Å². The second-order valence-corrected chi connectivity index (χ2v) is 6.47. The molecule has 0 spiro atoms. The van der Waals surface area contributed by atoms with Crippen molar-refractivity contribution in [2.45, 2.75) is 25.3 Å². The molecule has 2 aromatic carbocycles. The Bertz CT molecular complexity index is 851. The molecule has 7 nitrogen and oxygen atoms in total. The first-order chi connectivity index (χ1) is 13.1. The maximum Gasteiger partial charge on any atom is 0.255 e. The molecule has 142 valence electrons. The maximum atomic E-state index is 12.0. The lowest BCUT2D eigenvalue weighted by atomic mass is 10.1. The highest BCUT2D eigenvalue weighted by atomic mass is 16.3. The molecule has 1 amide bonds. The number of aromatic hydroxyl groups is 3. The summed E-state index contributed by atoms with van der Waals surface area (Å²) in [6.07, 6.45) is 2.58. The summed E-state index contributed by atoms with van der Waals surface area (Å²) in [5, 5.41) is 35.1. The smallest absolute Gasteiger partial charge is 0.255 e. The van der Waals surface area contributed by atoms with Crippen molar-refractivity contribution in [1.82, 2.24) is 10.6 Å². The van der Waals surface area contributed by atoms with Crippen LogP contribution in [0, 0.1) is 0 Å². The minimum atomic E-state index is -0.410. The molecule has 1 atom stereocenters. The minimum Gasteiger partial charge on any atom is -0.507 e. The maximum absolute atomic E-state index is 12.0. The lowest BCUT2D eigenvalue weighted by Gasteiger charge is -2.13. The minimum absolute atomic E-state index is 0.0631. The van der Waals surface area contributed by atoms with Crippen LogP contribution in [-0.2, 0) is 0 Å². The number of unbranched alkanes of at least 4 members (excludes halogenated alkanes) is 1. The van der Waals surface area contributed by atoms with E-state index in [2.05, 4.69) is 15.6 Å². The normalized spacial score (nSPS) is 15.9. The molecular weight excluding hydrogens is 346 g/mol. The SMILES string of the molecule is O=C(NCCCC[C@H]1CN=C(c2ccccc2O)N1)c1cccc(O)c1O. The molecule has 1 aliphatic rings. The number of phenolic OH excluding ortho intramolecular Hbond substituents is 3. The number of hydrogen-bond acceptors (Lipinski definition) is 6. The van der Waals surface area contributed by atoms with Gasteiger partial charge in [-0.15, -0.1) is 0 Å². The molecule has 0 fully saturated rings. The summed E-state index contributed by atoms with van der Waals surface area (Å²) in [5.41, 5.74) is 0.770. The highest BCUT2D eigenvalue weighted by Gasteiger charge is 2.20. The molecule has 3 rings (SSSR count). The molecule has 27 heavy (non-hydrogen) atoms. The van der Waals surface area contributed by atoms with Gasteiger partial charge in [-0.1, -0.05) is 18.2 Å². The Morgan fingerprint density at radius 1 is 1.07 bits per heavy atom. The van der Waals surface area contributed by atoms with E-state index < -0.39 is 11.7 Å². The quantitative estimate of drug-likeness (QED) is 0.379. The molecule has 1 aliphatic heterocycles. The van der Waals surface area contributed by atoms with Gasteiger partial charge in [0.05, 0.1) is 17.7 Å². The van der Waals surface area contributed by atoms with Crippen LogP contribution in [0.5, 0.6) is 17.2 Å². The first-order valence-corrected chi connectivity index (χ1v) is 8.94. The molecule has 0 saturated heterocycles. The second-order valence-electron chi connectivity index (χ2n) is 6.47. The number of hydrogen-bond donors (Lipinski definition) is 5. The highest BCUT2D eigenvalue weighted by Crippen LogP contribution is 2.27. The van der Waals surface area contributed by atoms with Crippen molar-refractivity contribution < 1.29 is 20.1 Å². The van der Waals surface area contributed by atoms with Crippen LogP contribution >= 0.6 is 0 Å². The van der Waals surface area contributed by atoms with Gasteiger partial charge in [0.1, 0.15) is 11.6 Å². The summed E-state index contributed by atoms with van der Waals surface area (Å²) in [4.78, 5) is 16.5. The third-order valence-electron chi connectivity index (χ3n) is 4.49. The Morgan fingerprint density at radius 2 is 1.85 bits per heavy atom. The van der Waals surface area contributed by atoms with E-state index in [1.54, 1.807) is 12.1 Å². The summed E-state index contributed by atoms with van der Waals surface area (Å²) in [7, 11) is 0. The van der Waals surface area contributed by atoms with Gasteiger partial charge in [0.15, 0.2) is 11.5 Å². The number of nitrogens with one attached hydrogen (secondary N) is 2. The zero-order valence-electron chi connectivity index (χ0n) is 14.9. The molecular formula is C20H23N3O4. The molecule has 1 heterocycles. The van der Waals surface area contributed by atoms with Gasteiger partial charge < -0.3 is 26.0 Å². The van der Waals surface area contributed by atoms with Gasteiger partial charge in [-0.3, -0.25) is 9.79 Å². The predicted molar refractivity (Wildman–Crippen MR) is 102 cm³/mol.